The van der Waals surface area contributed by atoms with E-state index in [0.717, 1.165) is 22.9 Å². The first-order chi connectivity index (χ1) is 18.3. The van der Waals surface area contributed by atoms with Crippen molar-refractivity contribution in [3.8, 4) is 5.75 Å². The van der Waals surface area contributed by atoms with Crippen molar-refractivity contribution < 1.29 is 19.4 Å². The Morgan fingerprint density at radius 1 is 0.947 bits per heavy atom. The largest absolute Gasteiger partial charge is 0.486 e. The maximum absolute atomic E-state index is 13.5. The summed E-state index contributed by atoms with van der Waals surface area (Å²) in [5.74, 6) is 0.742. The Kier molecular flexibility index (Phi) is 8.90. The number of hydrogen-bond acceptors (Lipinski definition) is 3. The first kappa shape index (κ1) is 27.5. The number of ether oxygens (including phenoxy) is 1. The van der Waals surface area contributed by atoms with E-state index in [1.807, 2.05) is 47.9 Å². The number of carbonyl (C=O) groups excluding carboxylic acids is 1. The summed E-state index contributed by atoms with van der Waals surface area (Å²) in [7, 11) is 0. The van der Waals surface area contributed by atoms with Crippen LogP contribution in [-0.2, 0) is 11.2 Å². The molecule has 5 nitrogen and oxygen atoms in total. The molecule has 0 bridgehead atoms. The predicted octanol–water partition coefficient (Wildman–Crippen LogP) is 7.86. The number of fused-ring (bicyclic) bond motifs is 1. The smallest absolute Gasteiger partial charge is 0.305 e. The number of aliphatic carboxylic acids is 1. The molecule has 2 atom stereocenters. The van der Waals surface area contributed by atoms with Gasteiger partial charge in [-0.3, -0.25) is 9.59 Å². The Morgan fingerprint density at radius 2 is 1.63 bits per heavy atom. The molecule has 0 saturated carbocycles. The lowest BCUT2D eigenvalue weighted by Crippen LogP contribution is -2.10. The summed E-state index contributed by atoms with van der Waals surface area (Å²) in [5, 5.41) is 10.1. The number of alkyl halides is 1. The summed E-state index contributed by atoms with van der Waals surface area (Å²) in [6.07, 6.45) is 3.26. The van der Waals surface area contributed by atoms with E-state index in [-0.39, 0.29) is 24.3 Å². The molecule has 0 aliphatic carbocycles. The molecule has 3 aromatic carbocycles. The van der Waals surface area contributed by atoms with Gasteiger partial charge < -0.3 is 14.4 Å². The van der Waals surface area contributed by atoms with E-state index < -0.39 is 5.97 Å². The highest BCUT2D eigenvalue weighted by molar-refractivity contribution is 6.18. The molecule has 0 fully saturated rings. The Morgan fingerprint density at radius 3 is 2.26 bits per heavy atom. The lowest BCUT2D eigenvalue weighted by atomic mass is 9.99. The molecule has 1 heterocycles. The molecule has 0 saturated heterocycles. The fourth-order valence-corrected chi connectivity index (χ4v) is 5.04. The van der Waals surface area contributed by atoms with Crippen LogP contribution in [0.25, 0.3) is 10.9 Å². The first-order valence-corrected chi connectivity index (χ1v) is 13.6. The molecule has 0 aliphatic rings. The summed E-state index contributed by atoms with van der Waals surface area (Å²) >= 11 is 6.09. The van der Waals surface area contributed by atoms with Crippen molar-refractivity contribution in [3.05, 3.63) is 101 Å². The van der Waals surface area contributed by atoms with E-state index in [1.165, 1.54) is 5.56 Å². The second-order valence-corrected chi connectivity index (χ2v) is 10.6. The van der Waals surface area contributed by atoms with Crippen molar-refractivity contribution in [2.45, 2.75) is 52.2 Å². The Balaban J connectivity index is 1.54. The minimum atomic E-state index is -0.877. The third kappa shape index (κ3) is 6.46. The van der Waals surface area contributed by atoms with E-state index >= 15 is 0 Å². The van der Waals surface area contributed by atoms with Crippen molar-refractivity contribution in [1.82, 2.24) is 4.57 Å². The number of aromatic nitrogens is 1. The number of rotatable bonds is 12. The molecular formula is C32H34ClNO4. The standard InChI is InChI=1S/C32H34ClNO4/c1-21(2)18-23-8-10-24(11-9-23)30(16-17-33)38-26-14-12-25(13-15-26)32(37)28-20-34(22(3)19-31(35)36)29-7-5-4-6-27(28)29/h4-15,20-22,30H,16-19H2,1-3H3,(H,35,36). The van der Waals surface area contributed by atoms with Crippen molar-refractivity contribution >= 4 is 34.3 Å². The molecule has 4 rings (SSSR count). The molecular weight excluding hydrogens is 498 g/mol. The Labute approximate surface area is 229 Å². The lowest BCUT2D eigenvalue weighted by molar-refractivity contribution is -0.137. The number of hydrogen-bond donors (Lipinski definition) is 1. The van der Waals surface area contributed by atoms with Gasteiger partial charge in [0.15, 0.2) is 5.78 Å². The van der Waals surface area contributed by atoms with Crippen LogP contribution in [0.3, 0.4) is 0 Å². The quantitative estimate of drug-likeness (QED) is 0.149. The highest BCUT2D eigenvalue weighted by atomic mass is 35.5. The summed E-state index contributed by atoms with van der Waals surface area (Å²) in [6, 6.07) is 23.0. The number of carbonyl (C=O) groups is 2. The van der Waals surface area contributed by atoms with Crippen LogP contribution >= 0.6 is 11.6 Å². The van der Waals surface area contributed by atoms with Gasteiger partial charge in [-0.15, -0.1) is 11.6 Å². The normalized spacial score (nSPS) is 13.0. The third-order valence-electron chi connectivity index (χ3n) is 6.69. The first-order valence-electron chi connectivity index (χ1n) is 13.0. The van der Waals surface area contributed by atoms with Gasteiger partial charge in [-0.2, -0.15) is 0 Å². The summed E-state index contributed by atoms with van der Waals surface area (Å²) < 4.78 is 8.16. The number of para-hydroxylation sites is 1. The van der Waals surface area contributed by atoms with E-state index in [4.69, 9.17) is 16.3 Å². The number of ketones is 1. The lowest BCUT2D eigenvalue weighted by Gasteiger charge is -2.19. The van der Waals surface area contributed by atoms with Gasteiger partial charge in [0.1, 0.15) is 11.9 Å². The zero-order chi connectivity index (χ0) is 27.2. The van der Waals surface area contributed by atoms with Crippen molar-refractivity contribution in [2.75, 3.05) is 5.88 Å². The zero-order valence-corrected chi connectivity index (χ0v) is 22.8. The van der Waals surface area contributed by atoms with Gasteiger partial charge in [0.05, 0.1) is 6.42 Å². The molecule has 0 spiro atoms. The molecule has 38 heavy (non-hydrogen) atoms. The van der Waals surface area contributed by atoms with Crippen LogP contribution in [-0.4, -0.2) is 27.3 Å². The SMILES string of the molecule is CC(C)Cc1ccc(C(CCCl)Oc2ccc(C(=O)c3cn(C(C)CC(=O)O)c4ccccc34)cc2)cc1. The molecule has 6 heteroatoms. The summed E-state index contributed by atoms with van der Waals surface area (Å²) in [4.78, 5) is 24.8. The Hall–Kier alpha value is -3.57. The van der Waals surface area contributed by atoms with Crippen molar-refractivity contribution in [1.29, 1.82) is 0 Å². The van der Waals surface area contributed by atoms with Crippen molar-refractivity contribution in [2.24, 2.45) is 5.92 Å². The highest BCUT2D eigenvalue weighted by Crippen LogP contribution is 2.30. The van der Waals surface area contributed by atoms with Crippen LogP contribution in [0.15, 0.2) is 79.0 Å². The molecule has 1 N–H and O–H groups in total. The number of carboxylic acid groups (broad SMARTS) is 1. The molecule has 0 radical (unpaired) electrons. The van der Waals surface area contributed by atoms with Crippen LogP contribution < -0.4 is 4.74 Å². The fourth-order valence-electron chi connectivity index (χ4n) is 4.84. The topological polar surface area (TPSA) is 68.5 Å². The zero-order valence-electron chi connectivity index (χ0n) is 22.1. The summed E-state index contributed by atoms with van der Waals surface area (Å²) in [6.45, 7) is 6.26. The fraction of sp³-hybridized carbons (Fsp3) is 0.312. The second-order valence-electron chi connectivity index (χ2n) is 10.2. The monoisotopic (exact) mass is 531 g/mol. The minimum absolute atomic E-state index is 0.0255. The highest BCUT2D eigenvalue weighted by Gasteiger charge is 2.20. The maximum Gasteiger partial charge on any atom is 0.305 e. The Bertz CT molecular complexity index is 1390. The van der Waals surface area contributed by atoms with Gasteiger partial charge in [-0.25, -0.2) is 0 Å². The predicted molar refractivity (Wildman–Crippen MR) is 152 cm³/mol. The van der Waals surface area contributed by atoms with Crippen molar-refractivity contribution in [3.63, 3.8) is 0 Å². The van der Waals surface area contributed by atoms with Gasteiger partial charge in [-0.05, 0) is 60.7 Å². The number of nitrogens with zero attached hydrogens (tertiary/aromatic N) is 1. The number of benzene rings is 3. The van der Waals surface area contributed by atoms with Crippen LogP contribution in [0.5, 0.6) is 5.75 Å². The third-order valence-corrected chi connectivity index (χ3v) is 6.91. The molecule has 0 aliphatic heterocycles. The summed E-state index contributed by atoms with van der Waals surface area (Å²) in [5.41, 5.74) is 4.30. The van der Waals surface area contributed by atoms with E-state index in [2.05, 4.69) is 38.1 Å². The number of halogens is 1. The average Bonchev–Trinajstić information content (AvgIpc) is 3.28. The second kappa shape index (κ2) is 12.3. The molecule has 2 unspecified atom stereocenters. The van der Waals surface area contributed by atoms with E-state index in [9.17, 15) is 14.7 Å². The molecule has 1 aromatic heterocycles. The van der Waals surface area contributed by atoms with E-state index in [1.54, 1.807) is 18.3 Å². The molecule has 0 amide bonds. The average molecular weight is 532 g/mol. The van der Waals surface area contributed by atoms with Crippen LogP contribution in [0.4, 0.5) is 0 Å². The van der Waals surface area contributed by atoms with Gasteiger partial charge in [0.25, 0.3) is 0 Å². The van der Waals surface area contributed by atoms with Gasteiger partial charge in [0, 0.05) is 46.6 Å². The molecule has 4 aromatic rings. The molecule has 198 valence electrons. The van der Waals surface area contributed by atoms with Gasteiger partial charge >= 0.3 is 5.97 Å². The van der Waals surface area contributed by atoms with Crippen LogP contribution in [0.2, 0.25) is 0 Å². The van der Waals surface area contributed by atoms with Crippen LogP contribution in [0.1, 0.15) is 72.8 Å². The van der Waals surface area contributed by atoms with E-state index in [0.29, 0.717) is 35.1 Å². The van der Waals surface area contributed by atoms with Crippen LogP contribution in [0, 0.1) is 5.92 Å². The van der Waals surface area contributed by atoms with Gasteiger partial charge in [-0.1, -0.05) is 56.3 Å². The maximum atomic E-state index is 13.5. The number of carboxylic acids is 1. The minimum Gasteiger partial charge on any atom is -0.486 e. The van der Waals surface area contributed by atoms with Gasteiger partial charge in [0.2, 0.25) is 0 Å².